The number of benzene rings is 1. The zero-order valence-electron chi connectivity index (χ0n) is 13.2. The Labute approximate surface area is 138 Å². The summed E-state index contributed by atoms with van der Waals surface area (Å²) in [6, 6.07) is 9.20. The molecule has 24 heavy (non-hydrogen) atoms. The number of carbonyl (C=O) groups is 2. The molecular weight excluding hydrogens is 312 g/mol. The zero-order valence-corrected chi connectivity index (χ0v) is 13.2. The SMILES string of the molecule is Cc1nc(-c2ccccc2)oc1C(=O)NC1(C(=O)O)CCOCC1. The number of nitrogens with one attached hydrogen (secondary N) is 1. The van der Waals surface area contributed by atoms with E-state index in [-0.39, 0.29) is 31.8 Å². The molecule has 1 saturated heterocycles. The van der Waals surface area contributed by atoms with Gasteiger partial charge in [0.1, 0.15) is 5.54 Å². The predicted octanol–water partition coefficient (Wildman–Crippen LogP) is 2.01. The molecule has 7 nitrogen and oxygen atoms in total. The third-order valence-corrected chi connectivity index (χ3v) is 4.13. The van der Waals surface area contributed by atoms with E-state index in [1.807, 2.05) is 30.3 Å². The van der Waals surface area contributed by atoms with Crippen LogP contribution < -0.4 is 5.32 Å². The number of carboxylic acid groups (broad SMARTS) is 1. The molecule has 1 aliphatic heterocycles. The highest BCUT2D eigenvalue weighted by Gasteiger charge is 2.42. The van der Waals surface area contributed by atoms with E-state index >= 15 is 0 Å². The van der Waals surface area contributed by atoms with Gasteiger partial charge in [0.05, 0.1) is 5.69 Å². The average Bonchev–Trinajstić information content (AvgIpc) is 2.98. The molecule has 7 heteroatoms. The maximum Gasteiger partial charge on any atom is 0.329 e. The topological polar surface area (TPSA) is 102 Å². The molecule has 2 aromatic rings. The number of ether oxygens (including phenoxy) is 1. The molecule has 0 bridgehead atoms. The van der Waals surface area contributed by atoms with Crippen LogP contribution in [0.15, 0.2) is 34.7 Å². The van der Waals surface area contributed by atoms with Gasteiger partial charge in [-0.25, -0.2) is 9.78 Å². The first kappa shape index (κ1) is 16.2. The van der Waals surface area contributed by atoms with Crippen LogP contribution in [-0.4, -0.2) is 40.7 Å². The van der Waals surface area contributed by atoms with Crippen LogP contribution in [-0.2, 0) is 9.53 Å². The van der Waals surface area contributed by atoms with Crippen LogP contribution >= 0.6 is 0 Å². The molecule has 2 N–H and O–H groups in total. The van der Waals surface area contributed by atoms with E-state index in [0.717, 1.165) is 5.56 Å². The van der Waals surface area contributed by atoms with Crippen molar-refractivity contribution in [3.63, 3.8) is 0 Å². The Morgan fingerprint density at radius 2 is 1.88 bits per heavy atom. The highest BCUT2D eigenvalue weighted by molar-refractivity contribution is 5.96. The number of carboxylic acids is 1. The Hall–Kier alpha value is -2.67. The maximum atomic E-state index is 12.5. The predicted molar refractivity (Wildman–Crippen MR) is 84.6 cm³/mol. The second-order valence-corrected chi connectivity index (χ2v) is 5.75. The molecule has 1 aromatic carbocycles. The Morgan fingerprint density at radius 1 is 1.21 bits per heavy atom. The molecule has 126 valence electrons. The molecule has 0 saturated carbocycles. The molecule has 0 spiro atoms. The van der Waals surface area contributed by atoms with Gasteiger partial charge in [-0.2, -0.15) is 0 Å². The molecule has 0 unspecified atom stereocenters. The second-order valence-electron chi connectivity index (χ2n) is 5.75. The lowest BCUT2D eigenvalue weighted by molar-refractivity contribution is -0.148. The fourth-order valence-electron chi connectivity index (χ4n) is 2.70. The Balaban J connectivity index is 1.85. The standard InChI is InChI=1S/C17H18N2O5/c1-11-13(24-15(18-11)12-5-3-2-4-6-12)14(20)19-17(16(21)22)7-9-23-10-8-17/h2-6H,7-10H2,1H3,(H,19,20)(H,21,22). The van der Waals surface area contributed by atoms with Crippen molar-refractivity contribution in [2.75, 3.05) is 13.2 Å². The molecule has 1 fully saturated rings. The number of aromatic nitrogens is 1. The maximum absolute atomic E-state index is 12.5. The van der Waals surface area contributed by atoms with Gasteiger partial charge in [-0.15, -0.1) is 0 Å². The first-order valence-corrected chi connectivity index (χ1v) is 7.68. The van der Waals surface area contributed by atoms with Gasteiger partial charge < -0.3 is 19.6 Å². The smallest absolute Gasteiger partial charge is 0.329 e. The second kappa shape index (κ2) is 6.45. The molecule has 1 aliphatic rings. The van der Waals surface area contributed by atoms with E-state index in [4.69, 9.17) is 9.15 Å². The third kappa shape index (κ3) is 3.03. The summed E-state index contributed by atoms with van der Waals surface area (Å²) >= 11 is 0. The van der Waals surface area contributed by atoms with Crippen LogP contribution in [0.1, 0.15) is 29.1 Å². The van der Waals surface area contributed by atoms with Crippen molar-refractivity contribution >= 4 is 11.9 Å². The van der Waals surface area contributed by atoms with Gasteiger partial charge in [0.15, 0.2) is 0 Å². The number of carbonyl (C=O) groups excluding carboxylic acids is 1. The van der Waals surface area contributed by atoms with Crippen LogP contribution in [0.2, 0.25) is 0 Å². The first-order chi connectivity index (χ1) is 11.5. The van der Waals surface area contributed by atoms with E-state index < -0.39 is 17.4 Å². The summed E-state index contributed by atoms with van der Waals surface area (Å²) in [6.07, 6.45) is 0.430. The molecule has 3 rings (SSSR count). The first-order valence-electron chi connectivity index (χ1n) is 7.68. The van der Waals surface area contributed by atoms with Gasteiger partial charge in [-0.3, -0.25) is 4.79 Å². The minimum atomic E-state index is -1.33. The number of aliphatic carboxylic acids is 1. The quantitative estimate of drug-likeness (QED) is 0.889. The Bertz CT molecular complexity index is 748. The summed E-state index contributed by atoms with van der Waals surface area (Å²) in [5.74, 6) is -1.29. The fraction of sp³-hybridized carbons (Fsp3) is 0.353. The number of nitrogens with zero attached hydrogens (tertiary/aromatic N) is 1. The average molecular weight is 330 g/mol. The van der Waals surface area contributed by atoms with Crippen LogP contribution in [0.4, 0.5) is 0 Å². The van der Waals surface area contributed by atoms with Crippen LogP contribution in [0.3, 0.4) is 0 Å². The van der Waals surface area contributed by atoms with Gasteiger partial charge in [-0.05, 0) is 19.1 Å². The number of rotatable bonds is 4. The minimum Gasteiger partial charge on any atom is -0.480 e. The molecule has 0 atom stereocenters. The lowest BCUT2D eigenvalue weighted by Gasteiger charge is -2.33. The third-order valence-electron chi connectivity index (χ3n) is 4.13. The Morgan fingerprint density at radius 3 is 2.50 bits per heavy atom. The molecule has 0 radical (unpaired) electrons. The number of amides is 1. The summed E-state index contributed by atoms with van der Waals surface area (Å²) in [7, 11) is 0. The largest absolute Gasteiger partial charge is 0.480 e. The normalized spacial score (nSPS) is 16.5. The van der Waals surface area contributed by atoms with E-state index in [0.29, 0.717) is 11.6 Å². The molecule has 2 heterocycles. The lowest BCUT2D eigenvalue weighted by atomic mass is 9.90. The van der Waals surface area contributed by atoms with Gasteiger partial charge in [0, 0.05) is 31.6 Å². The van der Waals surface area contributed by atoms with Crippen molar-refractivity contribution < 1.29 is 23.8 Å². The number of oxazole rings is 1. The van der Waals surface area contributed by atoms with Crippen molar-refractivity contribution in [1.29, 1.82) is 0 Å². The van der Waals surface area contributed by atoms with Gasteiger partial charge >= 0.3 is 5.97 Å². The highest BCUT2D eigenvalue weighted by Crippen LogP contribution is 2.25. The minimum absolute atomic E-state index is 0.0287. The van der Waals surface area contributed by atoms with E-state index in [9.17, 15) is 14.7 Å². The molecular formula is C17H18N2O5. The van der Waals surface area contributed by atoms with Crippen molar-refractivity contribution in [3.05, 3.63) is 41.8 Å². The summed E-state index contributed by atoms with van der Waals surface area (Å²) in [6.45, 7) is 2.23. The summed E-state index contributed by atoms with van der Waals surface area (Å²) in [5.41, 5.74) is -0.167. The van der Waals surface area contributed by atoms with Crippen molar-refractivity contribution in [3.8, 4) is 11.5 Å². The van der Waals surface area contributed by atoms with E-state index in [1.165, 1.54) is 0 Å². The lowest BCUT2D eigenvalue weighted by Crippen LogP contribution is -2.57. The highest BCUT2D eigenvalue weighted by atomic mass is 16.5. The fourth-order valence-corrected chi connectivity index (χ4v) is 2.70. The summed E-state index contributed by atoms with van der Waals surface area (Å²) < 4.78 is 10.8. The monoisotopic (exact) mass is 330 g/mol. The Kier molecular flexibility index (Phi) is 4.35. The van der Waals surface area contributed by atoms with Gasteiger partial charge in [-0.1, -0.05) is 18.2 Å². The van der Waals surface area contributed by atoms with Crippen LogP contribution in [0, 0.1) is 6.92 Å². The molecule has 1 amide bonds. The molecule has 0 aliphatic carbocycles. The van der Waals surface area contributed by atoms with Crippen molar-refractivity contribution in [1.82, 2.24) is 10.3 Å². The number of aryl methyl sites for hydroxylation is 1. The molecule has 1 aromatic heterocycles. The van der Waals surface area contributed by atoms with E-state index in [1.54, 1.807) is 6.92 Å². The van der Waals surface area contributed by atoms with Crippen molar-refractivity contribution in [2.24, 2.45) is 0 Å². The summed E-state index contributed by atoms with van der Waals surface area (Å²) in [5, 5.41) is 12.1. The zero-order chi connectivity index (χ0) is 17.2. The van der Waals surface area contributed by atoms with Crippen molar-refractivity contribution in [2.45, 2.75) is 25.3 Å². The van der Waals surface area contributed by atoms with Crippen LogP contribution in [0.25, 0.3) is 11.5 Å². The van der Waals surface area contributed by atoms with Gasteiger partial charge in [0.2, 0.25) is 11.7 Å². The van der Waals surface area contributed by atoms with Crippen LogP contribution in [0.5, 0.6) is 0 Å². The number of hydrogen-bond acceptors (Lipinski definition) is 5. The summed E-state index contributed by atoms with van der Waals surface area (Å²) in [4.78, 5) is 28.4. The van der Waals surface area contributed by atoms with Gasteiger partial charge in [0.25, 0.3) is 5.91 Å². The number of hydrogen-bond donors (Lipinski definition) is 2. The van der Waals surface area contributed by atoms with E-state index in [2.05, 4.69) is 10.3 Å².